The predicted octanol–water partition coefficient (Wildman–Crippen LogP) is 2.52. The van der Waals surface area contributed by atoms with Gasteiger partial charge in [-0.1, -0.05) is 39.8 Å². The summed E-state index contributed by atoms with van der Waals surface area (Å²) in [5.74, 6) is 1.02. The summed E-state index contributed by atoms with van der Waals surface area (Å²) >= 11 is 0. The normalized spacial score (nSPS) is 13.7. The van der Waals surface area contributed by atoms with Crippen LogP contribution in [0.15, 0.2) is 5.16 Å². The fraction of sp³-hybridized carbons (Fsp3) is 0.923. The summed E-state index contributed by atoms with van der Waals surface area (Å²) < 4.78 is 0. The van der Waals surface area contributed by atoms with Gasteiger partial charge in [0.25, 0.3) is 0 Å². The summed E-state index contributed by atoms with van der Waals surface area (Å²) in [6.45, 7) is 14.0. The molecule has 0 saturated carbocycles. The van der Waals surface area contributed by atoms with Crippen LogP contribution in [0.1, 0.15) is 47.5 Å². The molecule has 0 aromatic heterocycles. The highest BCUT2D eigenvalue weighted by molar-refractivity contribution is 5.85. The van der Waals surface area contributed by atoms with Crippen LogP contribution in [0.2, 0.25) is 0 Å². The highest BCUT2D eigenvalue weighted by Crippen LogP contribution is 2.22. The molecule has 0 rings (SSSR count). The minimum atomic E-state index is -0.216. The van der Waals surface area contributed by atoms with E-state index in [1.165, 1.54) is 0 Å². The third-order valence-corrected chi connectivity index (χ3v) is 3.15. The van der Waals surface area contributed by atoms with Crippen LogP contribution < -0.4 is 5.73 Å². The molecule has 0 atom stereocenters. The van der Waals surface area contributed by atoms with Gasteiger partial charge in [0, 0.05) is 12.0 Å². The van der Waals surface area contributed by atoms with Crippen LogP contribution in [0.25, 0.3) is 0 Å². The number of oxime groups is 1. The maximum Gasteiger partial charge on any atom is 0.144 e. The number of hydrogen-bond donors (Lipinski definition) is 2. The second-order valence-corrected chi connectivity index (χ2v) is 5.76. The monoisotopic (exact) mass is 243 g/mol. The summed E-state index contributed by atoms with van der Waals surface area (Å²) in [6.07, 6.45) is 2.02. The largest absolute Gasteiger partial charge is 0.409 e. The van der Waals surface area contributed by atoms with Crippen LogP contribution >= 0.6 is 0 Å². The van der Waals surface area contributed by atoms with Crippen LogP contribution in [-0.2, 0) is 0 Å². The first-order valence-electron chi connectivity index (χ1n) is 6.53. The average Bonchev–Trinajstić information content (AvgIpc) is 2.25. The van der Waals surface area contributed by atoms with Crippen LogP contribution in [0, 0.1) is 11.3 Å². The van der Waals surface area contributed by atoms with Crippen LogP contribution in [-0.4, -0.2) is 35.6 Å². The van der Waals surface area contributed by atoms with Crippen molar-refractivity contribution in [2.45, 2.75) is 47.5 Å². The molecule has 0 aliphatic carbocycles. The van der Waals surface area contributed by atoms with E-state index < -0.39 is 0 Å². The Morgan fingerprint density at radius 1 is 1.41 bits per heavy atom. The van der Waals surface area contributed by atoms with Gasteiger partial charge in [-0.2, -0.15) is 0 Å². The van der Waals surface area contributed by atoms with Crippen molar-refractivity contribution in [3.05, 3.63) is 0 Å². The Morgan fingerprint density at radius 3 is 2.41 bits per heavy atom. The third-order valence-electron chi connectivity index (χ3n) is 3.15. The second kappa shape index (κ2) is 7.54. The van der Waals surface area contributed by atoms with Crippen molar-refractivity contribution in [1.29, 1.82) is 0 Å². The molecule has 0 radical (unpaired) electrons. The van der Waals surface area contributed by atoms with Crippen molar-refractivity contribution in [3.8, 4) is 0 Å². The lowest BCUT2D eigenvalue weighted by atomic mass is 9.86. The Bertz CT molecular complexity index is 237. The Labute approximate surface area is 106 Å². The van der Waals surface area contributed by atoms with E-state index in [9.17, 15) is 0 Å². The summed E-state index contributed by atoms with van der Waals surface area (Å²) in [4.78, 5) is 2.45. The number of amidine groups is 1. The van der Waals surface area contributed by atoms with Crippen molar-refractivity contribution in [1.82, 2.24) is 4.90 Å². The standard InChI is InChI=1S/C13H29N3O/c1-6-16(10-11(2)3)9-7-8-13(4,5)12(14)15-17/h11,17H,6-10H2,1-5H3,(H2,14,15). The van der Waals surface area contributed by atoms with E-state index >= 15 is 0 Å². The van der Waals surface area contributed by atoms with Crippen molar-refractivity contribution in [3.63, 3.8) is 0 Å². The van der Waals surface area contributed by atoms with E-state index in [4.69, 9.17) is 10.9 Å². The summed E-state index contributed by atoms with van der Waals surface area (Å²) in [6, 6.07) is 0. The Kier molecular flexibility index (Phi) is 7.19. The van der Waals surface area contributed by atoms with Gasteiger partial charge in [-0.3, -0.25) is 0 Å². The van der Waals surface area contributed by atoms with E-state index in [1.807, 2.05) is 13.8 Å². The molecule has 0 amide bonds. The van der Waals surface area contributed by atoms with Gasteiger partial charge in [0.05, 0.1) is 0 Å². The molecule has 0 heterocycles. The van der Waals surface area contributed by atoms with Crippen molar-refractivity contribution < 1.29 is 5.21 Å². The Hall–Kier alpha value is -0.770. The van der Waals surface area contributed by atoms with Gasteiger partial charge in [-0.25, -0.2) is 0 Å². The van der Waals surface area contributed by atoms with E-state index in [0.29, 0.717) is 11.8 Å². The maximum absolute atomic E-state index is 8.70. The SMILES string of the molecule is CCN(CCCC(C)(C)C(N)=NO)CC(C)C. The van der Waals surface area contributed by atoms with Gasteiger partial charge in [0.2, 0.25) is 0 Å². The highest BCUT2D eigenvalue weighted by atomic mass is 16.4. The lowest BCUT2D eigenvalue weighted by Gasteiger charge is -2.26. The quantitative estimate of drug-likeness (QED) is 0.298. The first kappa shape index (κ1) is 16.2. The highest BCUT2D eigenvalue weighted by Gasteiger charge is 2.23. The maximum atomic E-state index is 8.70. The van der Waals surface area contributed by atoms with Gasteiger partial charge in [-0.15, -0.1) is 0 Å². The van der Waals surface area contributed by atoms with Gasteiger partial charge in [0.1, 0.15) is 5.84 Å². The fourth-order valence-corrected chi connectivity index (χ4v) is 1.90. The lowest BCUT2D eigenvalue weighted by Crippen LogP contribution is -2.34. The molecule has 0 bridgehead atoms. The van der Waals surface area contributed by atoms with Crippen molar-refractivity contribution >= 4 is 5.84 Å². The topological polar surface area (TPSA) is 61.8 Å². The molecule has 0 aliphatic heterocycles. The summed E-state index contributed by atoms with van der Waals surface area (Å²) in [5, 5.41) is 11.8. The molecule has 0 unspecified atom stereocenters. The first-order valence-corrected chi connectivity index (χ1v) is 6.53. The van der Waals surface area contributed by atoms with Crippen LogP contribution in [0.5, 0.6) is 0 Å². The minimum Gasteiger partial charge on any atom is -0.409 e. The molecule has 4 nitrogen and oxygen atoms in total. The Balaban J connectivity index is 4.04. The summed E-state index contributed by atoms with van der Waals surface area (Å²) in [7, 11) is 0. The molecule has 0 fully saturated rings. The molecular formula is C13H29N3O. The average molecular weight is 243 g/mol. The van der Waals surface area contributed by atoms with Gasteiger partial charge >= 0.3 is 0 Å². The number of hydrogen-bond acceptors (Lipinski definition) is 3. The second-order valence-electron chi connectivity index (χ2n) is 5.76. The van der Waals surface area contributed by atoms with E-state index in [-0.39, 0.29) is 5.41 Å². The first-order chi connectivity index (χ1) is 7.83. The molecule has 0 spiro atoms. The molecule has 4 heteroatoms. The smallest absolute Gasteiger partial charge is 0.144 e. The molecule has 3 N–H and O–H groups in total. The summed E-state index contributed by atoms with van der Waals surface area (Å²) in [5.41, 5.74) is 5.45. The van der Waals surface area contributed by atoms with Crippen LogP contribution in [0.3, 0.4) is 0 Å². The third kappa shape index (κ3) is 6.51. The van der Waals surface area contributed by atoms with E-state index in [0.717, 1.165) is 32.5 Å². The minimum absolute atomic E-state index is 0.216. The number of nitrogens with zero attached hydrogens (tertiary/aromatic N) is 2. The molecule has 0 aromatic carbocycles. The molecule has 0 aromatic rings. The molecule has 0 saturated heterocycles. The molecule has 102 valence electrons. The van der Waals surface area contributed by atoms with E-state index in [2.05, 4.69) is 30.8 Å². The lowest BCUT2D eigenvalue weighted by molar-refractivity contribution is 0.241. The van der Waals surface area contributed by atoms with Crippen LogP contribution in [0.4, 0.5) is 0 Å². The van der Waals surface area contributed by atoms with Gasteiger partial charge in [-0.05, 0) is 31.8 Å². The number of nitrogens with two attached hydrogens (primary N) is 1. The number of rotatable bonds is 8. The Morgan fingerprint density at radius 2 is 2.00 bits per heavy atom. The van der Waals surface area contributed by atoms with Gasteiger partial charge < -0.3 is 15.8 Å². The van der Waals surface area contributed by atoms with Crippen molar-refractivity contribution in [2.24, 2.45) is 22.2 Å². The molecular weight excluding hydrogens is 214 g/mol. The molecule has 0 aliphatic rings. The zero-order valence-electron chi connectivity index (χ0n) is 12.0. The zero-order valence-corrected chi connectivity index (χ0v) is 12.0. The van der Waals surface area contributed by atoms with Crippen molar-refractivity contribution in [2.75, 3.05) is 19.6 Å². The molecule has 17 heavy (non-hydrogen) atoms. The zero-order chi connectivity index (χ0) is 13.5. The predicted molar refractivity (Wildman–Crippen MR) is 73.4 cm³/mol. The van der Waals surface area contributed by atoms with E-state index in [1.54, 1.807) is 0 Å². The fourth-order valence-electron chi connectivity index (χ4n) is 1.90. The van der Waals surface area contributed by atoms with Gasteiger partial charge in [0.15, 0.2) is 0 Å².